The van der Waals surface area contributed by atoms with E-state index < -0.39 is 5.97 Å². The number of benzene rings is 1. The number of fused-ring (bicyclic) bond motifs is 1. The fourth-order valence-corrected chi connectivity index (χ4v) is 4.79. The summed E-state index contributed by atoms with van der Waals surface area (Å²) in [7, 11) is 0. The van der Waals surface area contributed by atoms with E-state index >= 15 is 0 Å². The monoisotopic (exact) mass is 361 g/mol. The number of aromatic carboxylic acids is 1. The molecule has 5 nitrogen and oxygen atoms in total. The van der Waals surface area contributed by atoms with Crippen LogP contribution in [0.5, 0.6) is 0 Å². The minimum Gasteiger partial charge on any atom is -0.477 e. The SMILES string of the molecule is O=C(O)c1cnn2c(C3CCCCC3)c(C3CC3c3ccccc3)cnc12. The Morgan fingerprint density at radius 3 is 2.56 bits per heavy atom. The third-order valence-electron chi connectivity index (χ3n) is 6.23. The van der Waals surface area contributed by atoms with Gasteiger partial charge in [0.2, 0.25) is 0 Å². The first kappa shape index (κ1) is 16.5. The molecule has 1 N–H and O–H groups in total. The van der Waals surface area contributed by atoms with Crippen molar-refractivity contribution in [1.29, 1.82) is 0 Å². The molecule has 2 atom stereocenters. The number of carboxylic acids is 1. The van der Waals surface area contributed by atoms with E-state index in [9.17, 15) is 9.90 Å². The van der Waals surface area contributed by atoms with Gasteiger partial charge in [-0.05, 0) is 42.2 Å². The maximum atomic E-state index is 11.5. The highest BCUT2D eigenvalue weighted by atomic mass is 16.4. The van der Waals surface area contributed by atoms with E-state index in [0.717, 1.165) is 19.3 Å². The highest BCUT2D eigenvalue weighted by Crippen LogP contribution is 2.56. The molecule has 2 aromatic heterocycles. The molecule has 2 aliphatic carbocycles. The maximum Gasteiger partial charge on any atom is 0.341 e. The molecule has 5 rings (SSSR count). The summed E-state index contributed by atoms with van der Waals surface area (Å²) in [5.74, 6) is 0.465. The van der Waals surface area contributed by atoms with Gasteiger partial charge in [0.25, 0.3) is 0 Å². The molecule has 1 aromatic carbocycles. The van der Waals surface area contributed by atoms with Crippen LogP contribution in [0.15, 0.2) is 42.7 Å². The molecule has 5 heteroatoms. The van der Waals surface area contributed by atoms with E-state index in [4.69, 9.17) is 0 Å². The smallest absolute Gasteiger partial charge is 0.341 e. The van der Waals surface area contributed by atoms with Crippen LogP contribution in [0.1, 0.15) is 83.5 Å². The van der Waals surface area contributed by atoms with E-state index in [1.54, 1.807) is 0 Å². The van der Waals surface area contributed by atoms with Gasteiger partial charge >= 0.3 is 5.97 Å². The van der Waals surface area contributed by atoms with Crippen LogP contribution >= 0.6 is 0 Å². The van der Waals surface area contributed by atoms with Gasteiger partial charge < -0.3 is 5.11 Å². The molecule has 0 radical (unpaired) electrons. The molecule has 0 spiro atoms. The van der Waals surface area contributed by atoms with Gasteiger partial charge in [-0.2, -0.15) is 5.10 Å². The Kier molecular flexibility index (Phi) is 3.96. The number of carbonyl (C=O) groups is 1. The van der Waals surface area contributed by atoms with Crippen LogP contribution in [0.3, 0.4) is 0 Å². The Bertz CT molecular complexity index is 989. The molecule has 0 amide bonds. The molecule has 2 aliphatic rings. The third-order valence-corrected chi connectivity index (χ3v) is 6.23. The molecule has 2 unspecified atom stereocenters. The third kappa shape index (κ3) is 2.82. The summed E-state index contributed by atoms with van der Waals surface area (Å²) in [6.07, 6.45) is 10.6. The number of hydrogen-bond acceptors (Lipinski definition) is 3. The van der Waals surface area contributed by atoms with E-state index in [1.807, 2.05) is 10.7 Å². The summed E-state index contributed by atoms with van der Waals surface area (Å²) in [4.78, 5) is 16.1. The predicted octanol–water partition coefficient (Wildman–Crippen LogP) is 4.75. The van der Waals surface area contributed by atoms with Gasteiger partial charge in [0.1, 0.15) is 5.56 Å². The van der Waals surface area contributed by atoms with E-state index in [-0.39, 0.29) is 5.56 Å². The van der Waals surface area contributed by atoms with Crippen molar-refractivity contribution in [2.45, 2.75) is 56.3 Å². The minimum absolute atomic E-state index is 0.189. The first-order chi connectivity index (χ1) is 13.2. The predicted molar refractivity (Wildman–Crippen MR) is 102 cm³/mol. The lowest BCUT2D eigenvalue weighted by Crippen LogP contribution is -2.14. The van der Waals surface area contributed by atoms with Crippen molar-refractivity contribution in [3.8, 4) is 0 Å². The Morgan fingerprint density at radius 2 is 1.81 bits per heavy atom. The Hall–Kier alpha value is -2.69. The largest absolute Gasteiger partial charge is 0.477 e. The van der Waals surface area contributed by atoms with Crippen molar-refractivity contribution in [3.05, 3.63) is 65.1 Å². The molecule has 2 fully saturated rings. The van der Waals surface area contributed by atoms with Crippen molar-refractivity contribution in [2.24, 2.45) is 0 Å². The number of nitrogens with zero attached hydrogens (tertiary/aromatic N) is 3. The van der Waals surface area contributed by atoms with E-state index in [2.05, 4.69) is 40.4 Å². The number of rotatable bonds is 4. The molecule has 2 saturated carbocycles. The topological polar surface area (TPSA) is 67.5 Å². The molecule has 0 saturated heterocycles. The van der Waals surface area contributed by atoms with Crippen molar-refractivity contribution in [3.63, 3.8) is 0 Å². The second-order valence-corrected chi connectivity index (χ2v) is 7.89. The lowest BCUT2D eigenvalue weighted by molar-refractivity contribution is 0.0698. The zero-order chi connectivity index (χ0) is 18.4. The zero-order valence-corrected chi connectivity index (χ0v) is 15.2. The number of aromatic nitrogens is 3. The Balaban J connectivity index is 1.60. The molecule has 3 aromatic rings. The molecule has 138 valence electrons. The minimum atomic E-state index is -0.964. The average Bonchev–Trinajstić information content (AvgIpc) is 3.39. The van der Waals surface area contributed by atoms with Crippen LogP contribution in [-0.4, -0.2) is 25.7 Å². The van der Waals surface area contributed by atoms with Gasteiger partial charge in [0, 0.05) is 12.1 Å². The second kappa shape index (κ2) is 6.48. The molecule has 27 heavy (non-hydrogen) atoms. The molecular formula is C22H23N3O2. The second-order valence-electron chi connectivity index (χ2n) is 7.89. The molecular weight excluding hydrogens is 338 g/mol. The molecule has 0 bridgehead atoms. The summed E-state index contributed by atoms with van der Waals surface area (Å²) < 4.78 is 1.83. The van der Waals surface area contributed by atoms with Crippen LogP contribution in [-0.2, 0) is 0 Å². The molecule has 2 heterocycles. The first-order valence-electron chi connectivity index (χ1n) is 9.89. The maximum absolute atomic E-state index is 11.5. The number of hydrogen-bond donors (Lipinski definition) is 1. The van der Waals surface area contributed by atoms with Crippen LogP contribution in [0.25, 0.3) is 5.65 Å². The highest BCUT2D eigenvalue weighted by Gasteiger charge is 2.42. The van der Waals surface area contributed by atoms with Gasteiger partial charge in [-0.25, -0.2) is 14.3 Å². The quantitative estimate of drug-likeness (QED) is 0.728. The van der Waals surface area contributed by atoms with Crippen molar-refractivity contribution < 1.29 is 9.90 Å². The average molecular weight is 361 g/mol. The zero-order valence-electron chi connectivity index (χ0n) is 15.2. The lowest BCUT2D eigenvalue weighted by Gasteiger charge is -2.25. The lowest BCUT2D eigenvalue weighted by atomic mass is 9.84. The fraction of sp³-hybridized carbons (Fsp3) is 0.409. The van der Waals surface area contributed by atoms with Crippen LogP contribution < -0.4 is 0 Å². The summed E-state index contributed by atoms with van der Waals surface area (Å²) >= 11 is 0. The van der Waals surface area contributed by atoms with Crippen molar-refractivity contribution >= 4 is 11.6 Å². The Labute approximate surface area is 158 Å². The number of carboxylic acid groups (broad SMARTS) is 1. The van der Waals surface area contributed by atoms with Crippen molar-refractivity contribution in [1.82, 2.24) is 14.6 Å². The summed E-state index contributed by atoms with van der Waals surface area (Å²) in [5, 5.41) is 13.9. The van der Waals surface area contributed by atoms with Crippen LogP contribution in [0.4, 0.5) is 0 Å². The van der Waals surface area contributed by atoms with Crippen LogP contribution in [0, 0.1) is 0 Å². The van der Waals surface area contributed by atoms with E-state index in [1.165, 1.54) is 42.3 Å². The summed E-state index contributed by atoms with van der Waals surface area (Å²) in [5.41, 5.74) is 4.51. The standard InChI is InChI=1S/C22H23N3O2/c26-22(27)19-13-24-25-20(15-9-5-2-6-10-15)18(12-23-21(19)25)17-11-16(17)14-7-3-1-4-8-14/h1,3-4,7-8,12-13,15-17H,2,5-6,9-11H2,(H,26,27). The first-order valence-corrected chi connectivity index (χ1v) is 9.89. The van der Waals surface area contributed by atoms with E-state index in [0.29, 0.717) is 23.4 Å². The Morgan fingerprint density at radius 1 is 1.04 bits per heavy atom. The highest BCUT2D eigenvalue weighted by molar-refractivity contribution is 5.94. The molecule has 0 aliphatic heterocycles. The van der Waals surface area contributed by atoms with Gasteiger partial charge in [-0.1, -0.05) is 49.6 Å². The van der Waals surface area contributed by atoms with Crippen molar-refractivity contribution in [2.75, 3.05) is 0 Å². The fourth-order valence-electron chi connectivity index (χ4n) is 4.79. The summed E-state index contributed by atoms with van der Waals surface area (Å²) in [6.45, 7) is 0. The van der Waals surface area contributed by atoms with Crippen LogP contribution in [0.2, 0.25) is 0 Å². The normalized spacial score (nSPS) is 22.8. The van der Waals surface area contributed by atoms with Gasteiger partial charge in [-0.15, -0.1) is 0 Å². The van der Waals surface area contributed by atoms with Gasteiger partial charge in [0.15, 0.2) is 5.65 Å². The summed E-state index contributed by atoms with van der Waals surface area (Å²) in [6, 6.07) is 10.7. The van der Waals surface area contributed by atoms with Gasteiger partial charge in [-0.3, -0.25) is 0 Å². The van der Waals surface area contributed by atoms with Gasteiger partial charge in [0.05, 0.1) is 11.9 Å².